The molecule has 0 aromatic heterocycles. The Kier molecular flexibility index (Phi) is 3.26. The number of anilines is 1. The molecule has 5 nitrogen and oxygen atoms in total. The Morgan fingerprint density at radius 2 is 2.17 bits per heavy atom. The molecule has 88 valence electrons. The van der Waals surface area contributed by atoms with E-state index in [9.17, 15) is 4.79 Å². The summed E-state index contributed by atoms with van der Waals surface area (Å²) in [5.41, 5.74) is 2.30. The minimum Gasteiger partial charge on any atom is -0.360 e. The number of allylic oxidation sites excluding steroid dienone is 1. The zero-order valence-electron chi connectivity index (χ0n) is 9.53. The molecular weight excluding hydrogens is 228 g/mol. The van der Waals surface area contributed by atoms with Crippen LogP contribution in [0.15, 0.2) is 30.0 Å². The van der Waals surface area contributed by atoms with Gasteiger partial charge in [0, 0.05) is 24.0 Å². The summed E-state index contributed by atoms with van der Waals surface area (Å²) in [4.78, 5) is 11.6. The summed E-state index contributed by atoms with van der Waals surface area (Å²) in [5.74, 6) is -0.0929. The topological polar surface area (TPSA) is 88.7 Å². The highest BCUT2D eigenvalue weighted by Gasteiger charge is 2.16. The van der Waals surface area contributed by atoms with Crippen LogP contribution < -0.4 is 10.6 Å². The fourth-order valence-corrected chi connectivity index (χ4v) is 1.75. The first-order chi connectivity index (χ1) is 8.74. The van der Waals surface area contributed by atoms with Crippen molar-refractivity contribution in [2.45, 2.75) is 6.42 Å². The highest BCUT2D eigenvalue weighted by molar-refractivity contribution is 5.97. The van der Waals surface area contributed by atoms with Crippen molar-refractivity contribution < 1.29 is 4.79 Å². The molecule has 0 atom stereocenters. The molecule has 1 aromatic rings. The third-order valence-electron chi connectivity index (χ3n) is 2.66. The molecule has 0 radical (unpaired) electrons. The van der Waals surface area contributed by atoms with Gasteiger partial charge in [0.1, 0.15) is 17.7 Å². The molecule has 0 spiro atoms. The first kappa shape index (κ1) is 11.7. The van der Waals surface area contributed by atoms with Crippen LogP contribution in [0, 0.1) is 22.7 Å². The van der Waals surface area contributed by atoms with Crippen molar-refractivity contribution in [3.8, 4) is 12.1 Å². The number of rotatable bonds is 2. The third-order valence-corrected chi connectivity index (χ3v) is 2.66. The van der Waals surface area contributed by atoms with E-state index in [1.54, 1.807) is 18.2 Å². The Labute approximate surface area is 104 Å². The summed E-state index contributed by atoms with van der Waals surface area (Å²) in [6.07, 6.45) is 2.14. The van der Waals surface area contributed by atoms with E-state index in [1.807, 2.05) is 12.1 Å². The Balaban J connectivity index is 2.25. The zero-order valence-corrected chi connectivity index (χ0v) is 9.53. The van der Waals surface area contributed by atoms with Crippen LogP contribution in [0.5, 0.6) is 0 Å². The smallest absolute Gasteiger partial charge is 0.251 e. The number of benzene rings is 1. The van der Waals surface area contributed by atoms with Crippen molar-refractivity contribution in [3.05, 3.63) is 41.1 Å². The van der Waals surface area contributed by atoms with Crippen LogP contribution in [-0.4, -0.2) is 12.5 Å². The van der Waals surface area contributed by atoms with Crippen LogP contribution in [0.25, 0.3) is 0 Å². The van der Waals surface area contributed by atoms with Crippen molar-refractivity contribution in [1.82, 2.24) is 5.32 Å². The molecule has 18 heavy (non-hydrogen) atoms. The van der Waals surface area contributed by atoms with E-state index in [4.69, 9.17) is 10.5 Å². The molecule has 5 heteroatoms. The minimum absolute atomic E-state index is 0.0165. The van der Waals surface area contributed by atoms with Crippen LogP contribution in [0.1, 0.15) is 15.9 Å². The molecule has 1 aromatic carbocycles. The van der Waals surface area contributed by atoms with Gasteiger partial charge >= 0.3 is 0 Å². The Bertz CT molecular complexity index is 588. The van der Waals surface area contributed by atoms with E-state index in [1.165, 1.54) is 6.20 Å². The largest absolute Gasteiger partial charge is 0.360 e. The molecular formula is C13H10N4O. The van der Waals surface area contributed by atoms with Crippen LogP contribution >= 0.6 is 0 Å². The van der Waals surface area contributed by atoms with Crippen LogP contribution in [0.2, 0.25) is 0 Å². The molecule has 1 amide bonds. The molecule has 1 aliphatic rings. The second-order valence-electron chi connectivity index (χ2n) is 3.80. The van der Waals surface area contributed by atoms with Crippen LogP contribution in [-0.2, 0) is 6.42 Å². The molecule has 1 heterocycles. The average molecular weight is 238 g/mol. The lowest BCUT2D eigenvalue weighted by atomic mass is 10.00. The van der Waals surface area contributed by atoms with Gasteiger partial charge in [-0.1, -0.05) is 6.07 Å². The first-order valence-electron chi connectivity index (χ1n) is 5.42. The predicted molar refractivity (Wildman–Crippen MR) is 65.4 cm³/mol. The van der Waals surface area contributed by atoms with Crippen LogP contribution in [0.4, 0.5) is 5.69 Å². The molecule has 0 fully saturated rings. The maximum Gasteiger partial charge on any atom is 0.251 e. The lowest BCUT2D eigenvalue weighted by Crippen LogP contribution is -2.31. The summed E-state index contributed by atoms with van der Waals surface area (Å²) >= 11 is 0. The number of carbonyl (C=O) groups is 1. The first-order valence-corrected chi connectivity index (χ1v) is 5.42. The van der Waals surface area contributed by atoms with Gasteiger partial charge in [-0.15, -0.1) is 0 Å². The monoisotopic (exact) mass is 238 g/mol. The molecule has 1 aliphatic heterocycles. The highest BCUT2D eigenvalue weighted by atomic mass is 16.1. The molecule has 2 N–H and O–H groups in total. The van der Waals surface area contributed by atoms with Crippen LogP contribution in [0.3, 0.4) is 0 Å². The summed E-state index contributed by atoms with van der Waals surface area (Å²) in [6, 6.07) is 8.91. The van der Waals surface area contributed by atoms with Crippen molar-refractivity contribution >= 4 is 11.6 Å². The number of carbonyl (C=O) groups excluding carboxylic acids is 1. The van der Waals surface area contributed by atoms with E-state index < -0.39 is 0 Å². The lowest BCUT2D eigenvalue weighted by Gasteiger charge is -2.17. The Hall–Kier alpha value is -2.79. The van der Waals surface area contributed by atoms with Crippen molar-refractivity contribution in [2.24, 2.45) is 0 Å². The maximum atomic E-state index is 11.6. The maximum absolute atomic E-state index is 11.6. The Morgan fingerprint density at radius 3 is 2.89 bits per heavy atom. The number of hydrogen-bond donors (Lipinski definition) is 2. The van der Waals surface area contributed by atoms with E-state index >= 15 is 0 Å². The van der Waals surface area contributed by atoms with E-state index in [0.717, 1.165) is 12.0 Å². The standard InChI is InChI=1S/C13H10N4O/c14-6-9(7-15)8-17-11-2-1-10-3-4-16-13(18)12(10)5-11/h1-2,5,8,17H,3-4H2,(H,16,18). The van der Waals surface area contributed by atoms with E-state index in [-0.39, 0.29) is 11.5 Å². The van der Waals surface area contributed by atoms with Gasteiger partial charge in [0.05, 0.1) is 0 Å². The van der Waals surface area contributed by atoms with Gasteiger partial charge in [-0.2, -0.15) is 10.5 Å². The number of hydrogen-bond acceptors (Lipinski definition) is 4. The average Bonchev–Trinajstić information content (AvgIpc) is 2.41. The number of nitriles is 2. The third kappa shape index (κ3) is 2.31. The number of amides is 1. The van der Waals surface area contributed by atoms with Crippen molar-refractivity contribution in [1.29, 1.82) is 10.5 Å². The van der Waals surface area contributed by atoms with Crippen molar-refractivity contribution in [2.75, 3.05) is 11.9 Å². The van der Waals surface area contributed by atoms with Gasteiger partial charge in [-0.05, 0) is 24.1 Å². The van der Waals surface area contributed by atoms with Gasteiger partial charge in [0.15, 0.2) is 0 Å². The van der Waals surface area contributed by atoms with Gasteiger partial charge in [-0.25, -0.2) is 0 Å². The molecule has 0 saturated carbocycles. The van der Waals surface area contributed by atoms with E-state index in [2.05, 4.69) is 10.6 Å². The van der Waals surface area contributed by atoms with Gasteiger partial charge in [0.2, 0.25) is 0 Å². The summed E-state index contributed by atoms with van der Waals surface area (Å²) in [6.45, 7) is 0.658. The second-order valence-corrected chi connectivity index (χ2v) is 3.80. The molecule has 0 bridgehead atoms. The quantitative estimate of drug-likeness (QED) is 0.760. The number of nitrogens with one attached hydrogen (secondary N) is 2. The van der Waals surface area contributed by atoms with E-state index in [0.29, 0.717) is 17.8 Å². The fourth-order valence-electron chi connectivity index (χ4n) is 1.75. The highest BCUT2D eigenvalue weighted by Crippen LogP contribution is 2.19. The second kappa shape index (κ2) is 5.03. The zero-order chi connectivity index (χ0) is 13.0. The van der Waals surface area contributed by atoms with Gasteiger partial charge in [0.25, 0.3) is 5.91 Å². The molecule has 0 unspecified atom stereocenters. The molecule has 0 aliphatic carbocycles. The summed E-state index contributed by atoms with van der Waals surface area (Å²) in [7, 11) is 0. The molecule has 2 rings (SSSR count). The predicted octanol–water partition coefficient (Wildman–Crippen LogP) is 1.32. The number of fused-ring (bicyclic) bond motifs is 1. The number of nitrogens with zero attached hydrogens (tertiary/aromatic N) is 2. The van der Waals surface area contributed by atoms with Gasteiger partial charge in [-0.3, -0.25) is 4.79 Å². The SMILES string of the molecule is N#CC(C#N)=CNc1ccc2c(c1)C(=O)NCC2. The summed E-state index contributed by atoms with van der Waals surface area (Å²) in [5, 5.41) is 22.8. The normalized spacial score (nSPS) is 12.4. The lowest BCUT2D eigenvalue weighted by molar-refractivity contribution is 0.0946. The Morgan fingerprint density at radius 1 is 1.39 bits per heavy atom. The van der Waals surface area contributed by atoms with Gasteiger partial charge < -0.3 is 10.6 Å². The van der Waals surface area contributed by atoms with Crippen molar-refractivity contribution in [3.63, 3.8) is 0 Å². The molecule has 0 saturated heterocycles. The summed E-state index contributed by atoms with van der Waals surface area (Å²) < 4.78 is 0. The fraction of sp³-hybridized carbons (Fsp3) is 0.154. The minimum atomic E-state index is -0.0929.